The molecule has 0 aliphatic heterocycles. The molecule has 0 bridgehead atoms. The standard InChI is InChI=1S/C8H6N2O/c1-2-10-8(11)7-4-3-5-9-6-7/h3-6H,1H2. The van der Waals surface area contributed by atoms with Crippen molar-refractivity contribution in [1.29, 1.82) is 0 Å². The van der Waals surface area contributed by atoms with Crippen LogP contribution in [-0.2, 0) is 0 Å². The van der Waals surface area contributed by atoms with Gasteiger partial charge in [-0.05, 0) is 24.6 Å². The number of nitrogens with zero attached hydrogens (tertiary/aromatic N) is 2. The first kappa shape index (κ1) is 7.38. The minimum absolute atomic E-state index is 0.367. The number of amides is 1. The molecule has 0 saturated heterocycles. The van der Waals surface area contributed by atoms with Gasteiger partial charge in [-0.2, -0.15) is 4.99 Å². The maximum atomic E-state index is 10.9. The van der Waals surface area contributed by atoms with Crippen molar-refractivity contribution in [3.8, 4) is 0 Å². The second-order valence-corrected chi connectivity index (χ2v) is 1.82. The van der Waals surface area contributed by atoms with Crippen LogP contribution in [-0.4, -0.2) is 16.8 Å². The highest BCUT2D eigenvalue weighted by atomic mass is 16.1. The predicted molar refractivity (Wildman–Crippen MR) is 41.6 cm³/mol. The molecule has 1 heterocycles. The summed E-state index contributed by atoms with van der Waals surface area (Å²) in [5.74, 6) is 1.80. The Balaban J connectivity index is 2.94. The first-order chi connectivity index (χ1) is 5.34. The van der Waals surface area contributed by atoms with Crippen LogP contribution in [0.3, 0.4) is 0 Å². The minimum Gasteiger partial charge on any atom is -0.266 e. The molecule has 1 rings (SSSR count). The van der Waals surface area contributed by atoms with Crippen molar-refractivity contribution in [2.24, 2.45) is 4.99 Å². The zero-order valence-electron chi connectivity index (χ0n) is 5.82. The van der Waals surface area contributed by atoms with Crippen LogP contribution < -0.4 is 0 Å². The molecule has 0 saturated carbocycles. The Bertz CT molecular complexity index is 299. The van der Waals surface area contributed by atoms with Gasteiger partial charge in [-0.15, -0.1) is 0 Å². The Kier molecular flexibility index (Phi) is 2.31. The Morgan fingerprint density at radius 1 is 1.73 bits per heavy atom. The summed E-state index contributed by atoms with van der Waals surface area (Å²) in [6.45, 7) is 3.19. The molecule has 0 atom stereocenters. The van der Waals surface area contributed by atoms with E-state index >= 15 is 0 Å². The van der Waals surface area contributed by atoms with E-state index < -0.39 is 0 Å². The maximum absolute atomic E-state index is 10.9. The molecule has 0 N–H and O–H groups in total. The second kappa shape index (κ2) is 3.44. The number of hydrogen-bond donors (Lipinski definition) is 0. The fourth-order valence-electron chi connectivity index (χ4n) is 0.626. The average Bonchev–Trinajstić information content (AvgIpc) is 2.07. The third kappa shape index (κ3) is 1.85. The fourth-order valence-corrected chi connectivity index (χ4v) is 0.626. The third-order valence-corrected chi connectivity index (χ3v) is 1.09. The summed E-state index contributed by atoms with van der Waals surface area (Å²) in [4.78, 5) is 18.0. The minimum atomic E-state index is -0.367. The molecule has 3 heteroatoms. The average molecular weight is 146 g/mol. The molecule has 0 aliphatic carbocycles. The number of carbonyl (C=O) groups excluding carboxylic acids is 1. The van der Waals surface area contributed by atoms with Gasteiger partial charge in [0.15, 0.2) is 0 Å². The van der Waals surface area contributed by atoms with Gasteiger partial charge >= 0.3 is 0 Å². The topological polar surface area (TPSA) is 42.3 Å². The van der Waals surface area contributed by atoms with Gasteiger partial charge in [0.2, 0.25) is 0 Å². The van der Waals surface area contributed by atoms with Crippen LogP contribution in [0, 0.1) is 0 Å². The van der Waals surface area contributed by atoms with E-state index in [0.717, 1.165) is 0 Å². The molecule has 1 aromatic rings. The van der Waals surface area contributed by atoms with Gasteiger partial charge in [-0.1, -0.05) is 0 Å². The van der Waals surface area contributed by atoms with Gasteiger partial charge in [0, 0.05) is 12.4 Å². The van der Waals surface area contributed by atoms with Crippen LogP contribution in [0.5, 0.6) is 0 Å². The van der Waals surface area contributed by atoms with Crippen LogP contribution in [0.25, 0.3) is 0 Å². The number of hydrogen-bond acceptors (Lipinski definition) is 2. The van der Waals surface area contributed by atoms with Crippen molar-refractivity contribution in [2.75, 3.05) is 0 Å². The van der Waals surface area contributed by atoms with Crippen LogP contribution in [0.4, 0.5) is 0 Å². The molecule has 0 aromatic carbocycles. The number of pyridine rings is 1. The lowest BCUT2D eigenvalue weighted by Crippen LogP contribution is -1.93. The molecule has 0 fully saturated rings. The first-order valence-electron chi connectivity index (χ1n) is 3.02. The highest BCUT2D eigenvalue weighted by molar-refractivity contribution is 5.97. The molecule has 11 heavy (non-hydrogen) atoms. The molecule has 0 radical (unpaired) electrons. The van der Waals surface area contributed by atoms with Crippen LogP contribution in [0.2, 0.25) is 0 Å². The van der Waals surface area contributed by atoms with Crippen molar-refractivity contribution >= 4 is 11.8 Å². The van der Waals surface area contributed by atoms with E-state index in [2.05, 4.69) is 22.4 Å². The molecule has 0 unspecified atom stereocenters. The lowest BCUT2D eigenvalue weighted by Gasteiger charge is -1.88. The predicted octanol–water partition coefficient (Wildman–Crippen LogP) is 1.08. The molecule has 54 valence electrons. The number of rotatable bonds is 1. The maximum Gasteiger partial charge on any atom is 0.286 e. The Hall–Kier alpha value is -1.73. The van der Waals surface area contributed by atoms with E-state index in [9.17, 15) is 4.79 Å². The largest absolute Gasteiger partial charge is 0.286 e. The molecular weight excluding hydrogens is 140 g/mol. The number of aromatic nitrogens is 1. The Morgan fingerprint density at radius 3 is 3.09 bits per heavy atom. The Labute approximate surface area is 64.1 Å². The molecule has 0 aliphatic rings. The van der Waals surface area contributed by atoms with Gasteiger partial charge in [0.05, 0.1) is 5.56 Å². The lowest BCUT2D eigenvalue weighted by molar-refractivity contribution is 0.100. The van der Waals surface area contributed by atoms with Crippen LogP contribution >= 0.6 is 0 Å². The van der Waals surface area contributed by atoms with Gasteiger partial charge < -0.3 is 0 Å². The highest BCUT2D eigenvalue weighted by Crippen LogP contribution is 1.96. The zero-order chi connectivity index (χ0) is 8.10. The van der Waals surface area contributed by atoms with Crippen molar-refractivity contribution in [1.82, 2.24) is 4.98 Å². The van der Waals surface area contributed by atoms with Gasteiger partial charge in [0.1, 0.15) is 0 Å². The lowest BCUT2D eigenvalue weighted by atomic mass is 10.3. The van der Waals surface area contributed by atoms with Crippen molar-refractivity contribution < 1.29 is 4.79 Å². The van der Waals surface area contributed by atoms with Crippen molar-refractivity contribution in [3.05, 3.63) is 36.7 Å². The molecule has 1 aromatic heterocycles. The molecule has 3 nitrogen and oxygen atoms in total. The summed E-state index contributed by atoms with van der Waals surface area (Å²) in [6.07, 6.45) is 3.04. The van der Waals surface area contributed by atoms with E-state index in [-0.39, 0.29) is 5.91 Å². The smallest absolute Gasteiger partial charge is 0.266 e. The van der Waals surface area contributed by atoms with E-state index in [4.69, 9.17) is 0 Å². The molecular formula is C8H6N2O. The number of aliphatic imine (C=N–C) groups is 1. The summed E-state index contributed by atoms with van der Waals surface area (Å²) < 4.78 is 0. The van der Waals surface area contributed by atoms with Gasteiger partial charge in [0.25, 0.3) is 5.91 Å². The summed E-state index contributed by atoms with van der Waals surface area (Å²) in [7, 11) is 0. The summed E-state index contributed by atoms with van der Waals surface area (Å²) in [5, 5.41) is 0. The van der Waals surface area contributed by atoms with E-state index in [1.54, 1.807) is 18.3 Å². The quantitative estimate of drug-likeness (QED) is 0.556. The highest BCUT2D eigenvalue weighted by Gasteiger charge is 1.99. The fraction of sp³-hybridized carbons (Fsp3) is 0. The normalized spacial score (nSPS) is 8.36. The van der Waals surface area contributed by atoms with E-state index in [0.29, 0.717) is 5.56 Å². The summed E-state index contributed by atoms with van der Waals surface area (Å²) in [6, 6.07) is 3.31. The Morgan fingerprint density at radius 2 is 2.55 bits per heavy atom. The van der Waals surface area contributed by atoms with Crippen molar-refractivity contribution in [2.45, 2.75) is 0 Å². The zero-order valence-corrected chi connectivity index (χ0v) is 5.82. The van der Waals surface area contributed by atoms with Gasteiger partial charge in [-0.25, -0.2) is 0 Å². The first-order valence-corrected chi connectivity index (χ1v) is 3.02. The number of carbonyl (C=O) groups is 1. The SMILES string of the molecule is C=C=NC(=O)c1cccnc1. The monoisotopic (exact) mass is 146 g/mol. The van der Waals surface area contributed by atoms with Crippen LogP contribution in [0.15, 0.2) is 36.1 Å². The molecule has 1 amide bonds. The van der Waals surface area contributed by atoms with Crippen LogP contribution in [0.1, 0.15) is 10.4 Å². The molecule has 0 spiro atoms. The third-order valence-electron chi connectivity index (χ3n) is 1.09. The second-order valence-electron chi connectivity index (χ2n) is 1.82. The van der Waals surface area contributed by atoms with E-state index in [1.165, 1.54) is 6.20 Å². The van der Waals surface area contributed by atoms with Crippen molar-refractivity contribution in [3.63, 3.8) is 0 Å². The summed E-state index contributed by atoms with van der Waals surface area (Å²) >= 11 is 0. The van der Waals surface area contributed by atoms with E-state index in [1.807, 2.05) is 0 Å². The van der Waals surface area contributed by atoms with Gasteiger partial charge in [-0.3, -0.25) is 9.78 Å². The summed E-state index contributed by atoms with van der Waals surface area (Å²) in [5.41, 5.74) is 0.448.